The Bertz CT molecular complexity index is 562. The van der Waals surface area contributed by atoms with E-state index in [-0.39, 0.29) is 5.76 Å². The number of carbonyl (C=O) groups is 1. The molecule has 0 bridgehead atoms. The van der Waals surface area contributed by atoms with E-state index in [4.69, 9.17) is 14.3 Å². The Morgan fingerprint density at radius 3 is 2.28 bits per heavy atom. The van der Waals surface area contributed by atoms with Crippen LogP contribution in [-0.4, -0.2) is 30.5 Å². The lowest BCUT2D eigenvalue weighted by atomic mass is 10.3. The van der Waals surface area contributed by atoms with E-state index in [1.54, 1.807) is 45.1 Å². The number of ether oxygens (including phenoxy) is 2. The lowest BCUT2D eigenvalue weighted by molar-refractivity contribution is -0.159. The first-order valence-electron chi connectivity index (χ1n) is 7.87. The number of halogens is 1. The van der Waals surface area contributed by atoms with Crippen LogP contribution in [0.1, 0.15) is 34.1 Å². The van der Waals surface area contributed by atoms with Crippen LogP contribution in [0.3, 0.4) is 0 Å². The zero-order valence-corrected chi connectivity index (χ0v) is 15.7. The van der Waals surface area contributed by atoms with Crippen LogP contribution >= 0.6 is 0 Å². The van der Waals surface area contributed by atoms with Crippen LogP contribution in [0.15, 0.2) is 60.8 Å². The summed E-state index contributed by atoms with van der Waals surface area (Å²) < 4.78 is 21.8. The van der Waals surface area contributed by atoms with E-state index < -0.39 is 17.6 Å². The smallest absolute Gasteiger partial charge is 0.376 e. The van der Waals surface area contributed by atoms with Crippen LogP contribution in [0.25, 0.3) is 0 Å². The summed E-state index contributed by atoms with van der Waals surface area (Å²) in [6, 6.07) is 0. The van der Waals surface area contributed by atoms with E-state index in [0.29, 0.717) is 13.0 Å². The quantitative estimate of drug-likeness (QED) is 0.221. The zero-order valence-electron chi connectivity index (χ0n) is 15.7. The Balaban J connectivity index is 0.000000823. The summed E-state index contributed by atoms with van der Waals surface area (Å²) in [5.41, 5.74) is 0.731. The highest BCUT2D eigenvalue weighted by Crippen LogP contribution is 2.27. The second-order valence-electron chi connectivity index (χ2n) is 5.49. The summed E-state index contributed by atoms with van der Waals surface area (Å²) in [5.74, 6) is -1.52. The van der Waals surface area contributed by atoms with Crippen LogP contribution < -0.4 is 0 Å². The molecule has 0 aromatic heterocycles. The van der Waals surface area contributed by atoms with Crippen LogP contribution in [0.5, 0.6) is 0 Å². The van der Waals surface area contributed by atoms with Crippen molar-refractivity contribution in [2.45, 2.75) is 39.9 Å². The summed E-state index contributed by atoms with van der Waals surface area (Å²) in [7, 11) is 1.57. The number of cyclic esters (lactones) is 1. The molecule has 0 aromatic carbocycles. The fourth-order valence-corrected chi connectivity index (χ4v) is 1.75. The van der Waals surface area contributed by atoms with E-state index in [2.05, 4.69) is 13.2 Å². The predicted molar refractivity (Wildman–Crippen MR) is 96.7 cm³/mol. The molecule has 0 atom stereocenters. The number of hydrogen-bond acceptors (Lipinski definition) is 5. The number of nitrogens with zero attached hydrogens (tertiary/aromatic N) is 1. The number of carbonyl (C=O) groups excluding carboxylic acids is 1. The van der Waals surface area contributed by atoms with Crippen molar-refractivity contribution < 1.29 is 23.5 Å². The largest absolute Gasteiger partial charge is 0.445 e. The van der Waals surface area contributed by atoms with Gasteiger partial charge in [-0.2, -0.15) is 0 Å². The molecule has 25 heavy (non-hydrogen) atoms. The van der Waals surface area contributed by atoms with Crippen molar-refractivity contribution in [2.75, 3.05) is 13.7 Å². The predicted octanol–water partition coefficient (Wildman–Crippen LogP) is 4.57. The molecule has 1 rings (SSSR count). The standard InChI is InChI=1S/C14H21NO4.C5H7F/c1-6-7-10-15(17-5)11(2)8-9-12-13(16)19-14(3,4)18-12;1-3-4-5(2)6/h6-7,9H,2,8,10H2,1,3-5H3;3-4H,2H2,1H3/b7-6+,12-9-;4-3-. The van der Waals surface area contributed by atoms with Crippen molar-refractivity contribution in [3.05, 3.63) is 60.8 Å². The van der Waals surface area contributed by atoms with Gasteiger partial charge in [0.25, 0.3) is 0 Å². The molecular weight excluding hydrogens is 325 g/mol. The third kappa shape index (κ3) is 9.52. The van der Waals surface area contributed by atoms with Gasteiger partial charge in [-0.3, -0.25) is 9.90 Å². The average molecular weight is 353 g/mol. The molecule has 0 saturated carbocycles. The maximum Gasteiger partial charge on any atom is 0.376 e. The first-order valence-corrected chi connectivity index (χ1v) is 7.87. The van der Waals surface area contributed by atoms with Gasteiger partial charge in [0.1, 0.15) is 5.83 Å². The molecule has 0 amide bonds. The molecule has 0 radical (unpaired) electrons. The molecule has 0 spiro atoms. The number of hydroxylamine groups is 2. The molecular formula is C19H28FNO4. The van der Waals surface area contributed by atoms with E-state index in [9.17, 15) is 9.18 Å². The monoisotopic (exact) mass is 353 g/mol. The summed E-state index contributed by atoms with van der Waals surface area (Å²) in [6.07, 6.45) is 8.89. The topological polar surface area (TPSA) is 48.0 Å². The van der Waals surface area contributed by atoms with Crippen molar-refractivity contribution in [3.63, 3.8) is 0 Å². The van der Waals surface area contributed by atoms with E-state index in [0.717, 1.165) is 5.70 Å². The van der Waals surface area contributed by atoms with Gasteiger partial charge in [-0.15, -0.1) is 0 Å². The summed E-state index contributed by atoms with van der Waals surface area (Å²) >= 11 is 0. The van der Waals surface area contributed by atoms with Gasteiger partial charge in [-0.05, 0) is 26.0 Å². The minimum Gasteiger partial charge on any atom is -0.445 e. The van der Waals surface area contributed by atoms with Gasteiger partial charge >= 0.3 is 5.97 Å². The molecule has 6 heteroatoms. The maximum atomic E-state index is 11.5. The Kier molecular flexibility index (Phi) is 10.2. The second-order valence-corrected chi connectivity index (χ2v) is 5.49. The number of rotatable bonds is 7. The molecule has 5 nitrogen and oxygen atoms in total. The van der Waals surface area contributed by atoms with Gasteiger partial charge in [-0.1, -0.05) is 31.4 Å². The van der Waals surface area contributed by atoms with Gasteiger partial charge in [0.15, 0.2) is 0 Å². The molecule has 1 aliphatic heterocycles. The third-order valence-corrected chi connectivity index (χ3v) is 2.85. The van der Waals surface area contributed by atoms with Gasteiger partial charge in [0.05, 0.1) is 13.7 Å². The Hall–Kier alpha value is -2.34. The van der Waals surface area contributed by atoms with Crippen LogP contribution in [-0.2, 0) is 19.1 Å². The van der Waals surface area contributed by atoms with Crippen molar-refractivity contribution in [3.8, 4) is 0 Å². The molecule has 1 aliphatic rings. The van der Waals surface area contributed by atoms with E-state index >= 15 is 0 Å². The summed E-state index contributed by atoms with van der Waals surface area (Å²) in [4.78, 5) is 16.7. The van der Waals surface area contributed by atoms with Crippen molar-refractivity contribution in [1.29, 1.82) is 0 Å². The van der Waals surface area contributed by atoms with Crippen LogP contribution in [0.4, 0.5) is 4.39 Å². The minimum absolute atomic E-state index is 0.216. The SMILES string of the molecule is C=C(C/C=C1\OC(C)(C)OC1=O)N(C/C=C/C)OC.C=C(F)/C=C\C. The molecule has 0 aliphatic carbocycles. The van der Waals surface area contributed by atoms with Crippen molar-refractivity contribution in [1.82, 2.24) is 5.06 Å². The first kappa shape index (κ1) is 22.7. The zero-order chi connectivity index (χ0) is 19.5. The van der Waals surface area contributed by atoms with E-state index in [1.165, 1.54) is 6.08 Å². The maximum absolute atomic E-state index is 11.5. The molecule has 0 unspecified atom stereocenters. The molecule has 0 N–H and O–H groups in total. The fraction of sp³-hybridized carbons (Fsp3) is 0.421. The van der Waals surface area contributed by atoms with Crippen molar-refractivity contribution >= 4 is 5.97 Å². The molecule has 1 heterocycles. The normalized spacial score (nSPS) is 17.2. The Morgan fingerprint density at radius 1 is 1.28 bits per heavy atom. The van der Waals surface area contributed by atoms with E-state index in [1.807, 2.05) is 19.1 Å². The summed E-state index contributed by atoms with van der Waals surface area (Å²) in [5, 5.41) is 1.64. The lowest BCUT2D eigenvalue weighted by Crippen LogP contribution is -2.21. The molecule has 1 saturated heterocycles. The van der Waals surface area contributed by atoms with Crippen molar-refractivity contribution in [2.24, 2.45) is 0 Å². The molecule has 0 aromatic rings. The Labute approximate surface area is 149 Å². The highest BCUT2D eigenvalue weighted by molar-refractivity contribution is 5.88. The van der Waals surface area contributed by atoms with Crippen LogP contribution in [0.2, 0.25) is 0 Å². The number of allylic oxidation sites excluding steroid dienone is 5. The second kappa shape index (κ2) is 11.3. The number of esters is 1. The average Bonchev–Trinajstić information content (AvgIpc) is 2.78. The van der Waals surface area contributed by atoms with Gasteiger partial charge in [0.2, 0.25) is 11.5 Å². The third-order valence-electron chi connectivity index (χ3n) is 2.85. The highest BCUT2D eigenvalue weighted by Gasteiger charge is 2.37. The van der Waals surface area contributed by atoms with Gasteiger partial charge < -0.3 is 9.47 Å². The number of hydrogen-bond donors (Lipinski definition) is 0. The fourth-order valence-electron chi connectivity index (χ4n) is 1.75. The van der Waals surface area contributed by atoms with Gasteiger partial charge in [0, 0.05) is 26.0 Å². The highest BCUT2D eigenvalue weighted by atomic mass is 19.1. The summed E-state index contributed by atoms with van der Waals surface area (Å²) in [6.45, 7) is 14.6. The lowest BCUT2D eigenvalue weighted by Gasteiger charge is -2.21. The molecule has 140 valence electrons. The van der Waals surface area contributed by atoms with Gasteiger partial charge in [-0.25, -0.2) is 9.18 Å². The minimum atomic E-state index is -0.893. The first-order chi connectivity index (χ1) is 11.7. The Morgan fingerprint density at radius 2 is 1.92 bits per heavy atom. The molecule has 1 fully saturated rings. The van der Waals surface area contributed by atoms with Crippen LogP contribution in [0, 0.1) is 0 Å².